The number of nitro groups is 1. The molecule has 2 aromatic rings. The Balaban J connectivity index is 1.90. The van der Waals surface area contributed by atoms with Crippen LogP contribution in [0.15, 0.2) is 53.6 Å². The molecular weight excluding hydrogens is 326 g/mol. The van der Waals surface area contributed by atoms with Crippen LogP contribution in [0.5, 0.6) is 11.5 Å². The van der Waals surface area contributed by atoms with E-state index in [1.165, 1.54) is 12.1 Å². The standard InChI is InChI=1S/C17H17N3O5/c1-12(13-4-3-5-14(10-13)20(22)23)18-19-17(21)11-25-16-8-6-15(24-2)7-9-16/h3-10H,11H2,1-2H3,(H,19,21)/b18-12-. The van der Waals surface area contributed by atoms with Crippen molar-refractivity contribution in [3.63, 3.8) is 0 Å². The molecule has 0 unspecified atom stereocenters. The number of methoxy groups -OCH3 is 1. The number of nitrogens with zero attached hydrogens (tertiary/aromatic N) is 2. The molecule has 0 aromatic heterocycles. The summed E-state index contributed by atoms with van der Waals surface area (Å²) in [6.07, 6.45) is 0. The van der Waals surface area contributed by atoms with E-state index in [4.69, 9.17) is 9.47 Å². The number of nitro benzene ring substituents is 1. The van der Waals surface area contributed by atoms with E-state index in [2.05, 4.69) is 10.5 Å². The molecule has 2 aromatic carbocycles. The van der Waals surface area contributed by atoms with Gasteiger partial charge in [-0.1, -0.05) is 12.1 Å². The first-order chi connectivity index (χ1) is 12.0. The average molecular weight is 343 g/mol. The largest absolute Gasteiger partial charge is 0.497 e. The van der Waals surface area contributed by atoms with Crippen molar-refractivity contribution in [2.24, 2.45) is 5.10 Å². The zero-order valence-corrected chi connectivity index (χ0v) is 13.8. The number of rotatable bonds is 7. The topological polar surface area (TPSA) is 103 Å². The molecule has 0 saturated heterocycles. The lowest BCUT2D eigenvalue weighted by Crippen LogP contribution is -2.25. The van der Waals surface area contributed by atoms with E-state index in [0.717, 1.165) is 0 Å². The molecule has 8 heteroatoms. The van der Waals surface area contributed by atoms with Gasteiger partial charge in [-0.2, -0.15) is 5.10 Å². The number of non-ortho nitro benzene ring substituents is 1. The Morgan fingerprint density at radius 3 is 2.52 bits per heavy atom. The zero-order chi connectivity index (χ0) is 18.2. The molecule has 0 spiro atoms. The van der Waals surface area contributed by atoms with Gasteiger partial charge in [0, 0.05) is 17.7 Å². The van der Waals surface area contributed by atoms with E-state index >= 15 is 0 Å². The summed E-state index contributed by atoms with van der Waals surface area (Å²) in [5.41, 5.74) is 3.30. The fraction of sp³-hybridized carbons (Fsp3) is 0.176. The fourth-order valence-corrected chi connectivity index (χ4v) is 1.91. The van der Waals surface area contributed by atoms with Gasteiger partial charge in [-0.3, -0.25) is 14.9 Å². The zero-order valence-electron chi connectivity index (χ0n) is 13.8. The van der Waals surface area contributed by atoms with Gasteiger partial charge in [0.2, 0.25) is 0 Å². The molecule has 0 aliphatic rings. The molecule has 130 valence electrons. The molecule has 1 N–H and O–H groups in total. The minimum absolute atomic E-state index is 0.0405. The highest BCUT2D eigenvalue weighted by molar-refractivity contribution is 5.99. The number of hydrogen-bond donors (Lipinski definition) is 1. The van der Waals surface area contributed by atoms with Crippen LogP contribution in [0.3, 0.4) is 0 Å². The molecule has 0 aliphatic heterocycles. The van der Waals surface area contributed by atoms with Crippen molar-refractivity contribution in [1.29, 1.82) is 0 Å². The minimum Gasteiger partial charge on any atom is -0.497 e. The number of carbonyl (C=O) groups excluding carboxylic acids is 1. The summed E-state index contributed by atoms with van der Waals surface area (Å²) in [5, 5.41) is 14.7. The van der Waals surface area contributed by atoms with Gasteiger partial charge in [0.15, 0.2) is 6.61 Å². The van der Waals surface area contributed by atoms with E-state index in [0.29, 0.717) is 22.8 Å². The summed E-state index contributed by atoms with van der Waals surface area (Å²) in [6, 6.07) is 12.8. The highest BCUT2D eigenvalue weighted by Crippen LogP contribution is 2.17. The Kier molecular flexibility index (Phi) is 6.05. The lowest BCUT2D eigenvalue weighted by Gasteiger charge is -2.06. The predicted octanol–water partition coefficient (Wildman–Crippen LogP) is 2.52. The van der Waals surface area contributed by atoms with Crippen molar-refractivity contribution < 1.29 is 19.2 Å². The Morgan fingerprint density at radius 2 is 1.88 bits per heavy atom. The third-order valence-electron chi connectivity index (χ3n) is 3.25. The molecule has 8 nitrogen and oxygen atoms in total. The van der Waals surface area contributed by atoms with Gasteiger partial charge in [0.1, 0.15) is 11.5 Å². The van der Waals surface area contributed by atoms with E-state index in [-0.39, 0.29) is 12.3 Å². The first-order valence-corrected chi connectivity index (χ1v) is 7.34. The first-order valence-electron chi connectivity index (χ1n) is 7.34. The van der Waals surface area contributed by atoms with E-state index in [1.54, 1.807) is 50.4 Å². The maximum Gasteiger partial charge on any atom is 0.277 e. The lowest BCUT2D eigenvalue weighted by molar-refractivity contribution is -0.384. The number of hydrazone groups is 1. The predicted molar refractivity (Wildman–Crippen MR) is 91.9 cm³/mol. The Morgan fingerprint density at radius 1 is 1.20 bits per heavy atom. The maximum atomic E-state index is 11.8. The molecule has 0 radical (unpaired) electrons. The molecule has 0 heterocycles. The summed E-state index contributed by atoms with van der Waals surface area (Å²) < 4.78 is 10.4. The summed E-state index contributed by atoms with van der Waals surface area (Å²) in [6.45, 7) is 1.43. The molecule has 0 atom stereocenters. The molecule has 0 aliphatic carbocycles. The van der Waals surface area contributed by atoms with Crippen LogP contribution in [-0.2, 0) is 4.79 Å². The fourth-order valence-electron chi connectivity index (χ4n) is 1.91. The second-order valence-electron chi connectivity index (χ2n) is 5.00. The van der Waals surface area contributed by atoms with E-state index < -0.39 is 10.8 Å². The second kappa shape index (κ2) is 8.44. The van der Waals surface area contributed by atoms with Crippen LogP contribution in [0.2, 0.25) is 0 Å². The number of carbonyl (C=O) groups is 1. The Labute approximate surface area is 144 Å². The van der Waals surface area contributed by atoms with Crippen LogP contribution in [0, 0.1) is 10.1 Å². The summed E-state index contributed by atoms with van der Waals surface area (Å²) >= 11 is 0. The quantitative estimate of drug-likeness (QED) is 0.473. The molecule has 0 saturated carbocycles. The van der Waals surface area contributed by atoms with Crippen molar-refractivity contribution in [2.75, 3.05) is 13.7 Å². The minimum atomic E-state index is -0.488. The smallest absolute Gasteiger partial charge is 0.277 e. The van der Waals surface area contributed by atoms with Crippen molar-refractivity contribution in [3.8, 4) is 11.5 Å². The van der Waals surface area contributed by atoms with Gasteiger partial charge < -0.3 is 9.47 Å². The number of hydrogen-bond acceptors (Lipinski definition) is 6. The van der Waals surface area contributed by atoms with E-state index in [9.17, 15) is 14.9 Å². The Bertz CT molecular complexity index is 787. The molecule has 2 rings (SSSR count). The lowest BCUT2D eigenvalue weighted by atomic mass is 10.1. The normalized spacial score (nSPS) is 10.9. The van der Waals surface area contributed by atoms with E-state index in [1.807, 2.05) is 0 Å². The van der Waals surface area contributed by atoms with Crippen LogP contribution in [0.25, 0.3) is 0 Å². The van der Waals surface area contributed by atoms with Gasteiger partial charge in [0.05, 0.1) is 17.7 Å². The van der Waals surface area contributed by atoms with Crippen LogP contribution in [-0.4, -0.2) is 30.3 Å². The molecule has 0 bridgehead atoms. The third kappa shape index (κ3) is 5.31. The first kappa shape index (κ1) is 17.9. The summed E-state index contributed by atoms with van der Waals surface area (Å²) in [4.78, 5) is 22.1. The highest BCUT2D eigenvalue weighted by Gasteiger charge is 2.08. The molecule has 25 heavy (non-hydrogen) atoms. The van der Waals surface area contributed by atoms with Crippen molar-refractivity contribution in [1.82, 2.24) is 5.43 Å². The van der Waals surface area contributed by atoms with Gasteiger partial charge in [-0.15, -0.1) is 0 Å². The van der Waals surface area contributed by atoms with Crippen LogP contribution in [0.4, 0.5) is 5.69 Å². The van der Waals surface area contributed by atoms with Crippen LogP contribution < -0.4 is 14.9 Å². The average Bonchev–Trinajstić information content (AvgIpc) is 2.64. The number of benzene rings is 2. The highest BCUT2D eigenvalue weighted by atomic mass is 16.6. The summed E-state index contributed by atoms with van der Waals surface area (Å²) in [5.74, 6) is 0.768. The van der Waals surface area contributed by atoms with Gasteiger partial charge in [-0.25, -0.2) is 5.43 Å². The molecule has 1 amide bonds. The van der Waals surface area contributed by atoms with Gasteiger partial charge in [-0.05, 0) is 31.2 Å². The Hall–Kier alpha value is -3.42. The summed E-state index contributed by atoms with van der Waals surface area (Å²) in [7, 11) is 1.56. The van der Waals surface area contributed by atoms with Gasteiger partial charge >= 0.3 is 0 Å². The van der Waals surface area contributed by atoms with Crippen LogP contribution >= 0.6 is 0 Å². The van der Waals surface area contributed by atoms with Gasteiger partial charge in [0.25, 0.3) is 11.6 Å². The van der Waals surface area contributed by atoms with Crippen molar-refractivity contribution in [3.05, 3.63) is 64.2 Å². The monoisotopic (exact) mass is 343 g/mol. The number of amides is 1. The van der Waals surface area contributed by atoms with Crippen molar-refractivity contribution >= 4 is 17.3 Å². The van der Waals surface area contributed by atoms with Crippen LogP contribution in [0.1, 0.15) is 12.5 Å². The van der Waals surface area contributed by atoms with Crippen molar-refractivity contribution in [2.45, 2.75) is 6.92 Å². The molecule has 0 fully saturated rings. The number of nitrogens with one attached hydrogen (secondary N) is 1. The maximum absolute atomic E-state index is 11.8. The number of ether oxygens (including phenoxy) is 2. The third-order valence-corrected chi connectivity index (χ3v) is 3.25. The SMILES string of the molecule is COc1ccc(OCC(=O)N/N=C(/C)c2cccc([N+](=O)[O-])c2)cc1. The second-order valence-corrected chi connectivity index (χ2v) is 5.00. The molecular formula is C17H17N3O5.